The second-order valence-corrected chi connectivity index (χ2v) is 3.82. The largest absolute Gasteiger partial charge is 0.478 e. The Kier molecular flexibility index (Phi) is 3.19. The van der Waals surface area contributed by atoms with Crippen molar-refractivity contribution in [1.29, 1.82) is 0 Å². The summed E-state index contributed by atoms with van der Waals surface area (Å²) in [4.78, 5) is 34.8. The van der Waals surface area contributed by atoms with Crippen molar-refractivity contribution < 1.29 is 19.5 Å². The molecule has 0 saturated heterocycles. The molecule has 0 aliphatic heterocycles. The molecule has 0 amide bonds. The molecule has 1 aromatic carbocycles. The molecule has 4 nitrogen and oxygen atoms in total. The Hall–Kier alpha value is -2.49. The summed E-state index contributed by atoms with van der Waals surface area (Å²) >= 11 is 0. The van der Waals surface area contributed by atoms with E-state index in [0.717, 1.165) is 0 Å². The van der Waals surface area contributed by atoms with Gasteiger partial charge in [-0.2, -0.15) is 0 Å². The lowest BCUT2D eigenvalue weighted by Gasteiger charge is -2.09. The van der Waals surface area contributed by atoms with Crippen LogP contribution in [0.25, 0.3) is 0 Å². The van der Waals surface area contributed by atoms with Crippen molar-refractivity contribution in [3.05, 3.63) is 59.2 Å². The maximum absolute atomic E-state index is 12.1. The number of Topliss-reactive ketones (excluding diaryl/α,β-unsaturated/α-hetero) is 2. The van der Waals surface area contributed by atoms with E-state index >= 15 is 0 Å². The van der Waals surface area contributed by atoms with Gasteiger partial charge in [0.1, 0.15) is 0 Å². The molecular weight excluding hydrogens is 232 g/mol. The monoisotopic (exact) mass is 242 g/mol. The molecule has 0 saturated carbocycles. The number of benzene rings is 1. The number of carboxylic acids is 1. The third kappa shape index (κ3) is 2.13. The van der Waals surface area contributed by atoms with E-state index in [2.05, 4.69) is 0 Å². The maximum Gasteiger partial charge on any atom is 0.336 e. The molecule has 0 spiro atoms. The van der Waals surface area contributed by atoms with Crippen LogP contribution in [0.5, 0.6) is 0 Å². The highest BCUT2D eigenvalue weighted by atomic mass is 16.4. The number of carbonyl (C=O) groups is 3. The van der Waals surface area contributed by atoms with Gasteiger partial charge in [0, 0.05) is 12.0 Å². The molecular formula is C14H10O4. The molecule has 0 heterocycles. The van der Waals surface area contributed by atoms with Gasteiger partial charge < -0.3 is 5.11 Å². The number of carbonyl (C=O) groups excluding carboxylic acids is 2. The molecule has 0 aromatic heterocycles. The number of aromatic carboxylic acids is 1. The fourth-order valence-corrected chi connectivity index (χ4v) is 1.76. The molecule has 0 bridgehead atoms. The van der Waals surface area contributed by atoms with Gasteiger partial charge in [0.25, 0.3) is 0 Å². The smallest absolute Gasteiger partial charge is 0.336 e. The highest BCUT2D eigenvalue weighted by molar-refractivity contribution is 6.28. The van der Waals surface area contributed by atoms with Gasteiger partial charge in [-0.1, -0.05) is 30.4 Å². The molecule has 0 fully saturated rings. The molecule has 0 radical (unpaired) electrons. The molecule has 1 N–H and O–H groups in total. The van der Waals surface area contributed by atoms with Crippen molar-refractivity contribution >= 4 is 17.5 Å². The van der Waals surface area contributed by atoms with Crippen LogP contribution < -0.4 is 0 Å². The third-order valence-corrected chi connectivity index (χ3v) is 2.65. The van der Waals surface area contributed by atoms with Crippen LogP contribution >= 0.6 is 0 Å². The minimum absolute atomic E-state index is 0.0335. The standard InChI is InChI=1S/C14H10O4/c15-12-8-4-3-7-11(12)13(16)9-5-1-2-6-10(9)14(17)18/h1-7H,8H2,(H,17,18). The van der Waals surface area contributed by atoms with E-state index < -0.39 is 11.8 Å². The predicted molar refractivity (Wildman–Crippen MR) is 64.6 cm³/mol. The molecule has 2 rings (SSSR count). The molecule has 4 heteroatoms. The first-order valence-electron chi connectivity index (χ1n) is 5.38. The summed E-state index contributed by atoms with van der Waals surface area (Å²) in [5.41, 5.74) is -0.0168. The van der Waals surface area contributed by atoms with Gasteiger partial charge in [-0.15, -0.1) is 0 Å². The lowest BCUT2D eigenvalue weighted by molar-refractivity contribution is -0.114. The number of hydrogen-bond acceptors (Lipinski definition) is 3. The van der Waals surface area contributed by atoms with Gasteiger partial charge in [0.15, 0.2) is 11.6 Å². The van der Waals surface area contributed by atoms with Crippen LogP contribution in [0.1, 0.15) is 27.1 Å². The summed E-state index contributed by atoms with van der Waals surface area (Å²) in [5, 5.41) is 9.01. The molecule has 90 valence electrons. The first-order chi connectivity index (χ1) is 8.61. The van der Waals surface area contributed by atoms with Gasteiger partial charge >= 0.3 is 5.97 Å². The second-order valence-electron chi connectivity index (χ2n) is 3.82. The summed E-state index contributed by atoms with van der Waals surface area (Å²) < 4.78 is 0. The fourth-order valence-electron chi connectivity index (χ4n) is 1.76. The van der Waals surface area contributed by atoms with E-state index in [1.54, 1.807) is 18.2 Å². The third-order valence-electron chi connectivity index (χ3n) is 2.65. The van der Waals surface area contributed by atoms with Crippen LogP contribution in [-0.4, -0.2) is 22.6 Å². The zero-order valence-electron chi connectivity index (χ0n) is 9.42. The second kappa shape index (κ2) is 4.79. The summed E-state index contributed by atoms with van der Waals surface area (Å²) in [5.74, 6) is -2.01. The van der Waals surface area contributed by atoms with E-state index in [0.29, 0.717) is 0 Å². The number of rotatable bonds is 3. The maximum atomic E-state index is 12.1. The quantitative estimate of drug-likeness (QED) is 0.650. The minimum Gasteiger partial charge on any atom is -0.478 e. The van der Waals surface area contributed by atoms with E-state index in [9.17, 15) is 14.4 Å². The Morgan fingerprint density at radius 1 is 1.11 bits per heavy atom. The van der Waals surface area contributed by atoms with Crippen molar-refractivity contribution in [2.45, 2.75) is 6.42 Å². The van der Waals surface area contributed by atoms with Crippen LogP contribution in [-0.2, 0) is 4.79 Å². The molecule has 18 heavy (non-hydrogen) atoms. The molecule has 0 atom stereocenters. The number of carboxylic acid groups (broad SMARTS) is 1. The Morgan fingerprint density at radius 3 is 2.39 bits per heavy atom. The average Bonchev–Trinajstić information content (AvgIpc) is 2.38. The van der Waals surface area contributed by atoms with Crippen molar-refractivity contribution in [3.8, 4) is 0 Å². The number of allylic oxidation sites excluding steroid dienone is 4. The topological polar surface area (TPSA) is 71.4 Å². The van der Waals surface area contributed by atoms with E-state index in [-0.39, 0.29) is 28.9 Å². The van der Waals surface area contributed by atoms with Crippen molar-refractivity contribution in [2.75, 3.05) is 0 Å². The average molecular weight is 242 g/mol. The van der Waals surface area contributed by atoms with Gasteiger partial charge in [-0.05, 0) is 12.1 Å². The van der Waals surface area contributed by atoms with Crippen LogP contribution in [0.2, 0.25) is 0 Å². The molecule has 1 aliphatic rings. The van der Waals surface area contributed by atoms with Crippen LogP contribution in [0.3, 0.4) is 0 Å². The van der Waals surface area contributed by atoms with Gasteiger partial charge in [-0.25, -0.2) is 4.79 Å². The first-order valence-corrected chi connectivity index (χ1v) is 5.38. The molecule has 1 aromatic rings. The number of hydrogen-bond donors (Lipinski definition) is 1. The van der Waals surface area contributed by atoms with Crippen LogP contribution in [0, 0.1) is 0 Å². The Bertz CT molecular complexity index is 594. The molecule has 1 aliphatic carbocycles. The first kappa shape index (κ1) is 12.0. The van der Waals surface area contributed by atoms with Crippen LogP contribution in [0.15, 0.2) is 48.1 Å². The summed E-state index contributed by atoms with van der Waals surface area (Å²) in [6.07, 6.45) is 4.87. The highest BCUT2D eigenvalue weighted by Crippen LogP contribution is 2.18. The van der Waals surface area contributed by atoms with E-state index in [4.69, 9.17) is 5.11 Å². The Morgan fingerprint density at radius 2 is 1.78 bits per heavy atom. The lowest BCUT2D eigenvalue weighted by atomic mass is 9.92. The van der Waals surface area contributed by atoms with Crippen LogP contribution in [0.4, 0.5) is 0 Å². The Labute approximate surface area is 103 Å². The predicted octanol–water partition coefficient (Wildman–Crippen LogP) is 2.02. The minimum atomic E-state index is -1.18. The fraction of sp³-hybridized carbons (Fsp3) is 0.0714. The van der Waals surface area contributed by atoms with Gasteiger partial charge in [0.05, 0.1) is 11.1 Å². The van der Waals surface area contributed by atoms with E-state index in [1.807, 2.05) is 0 Å². The number of ketones is 2. The van der Waals surface area contributed by atoms with Crippen molar-refractivity contribution in [3.63, 3.8) is 0 Å². The van der Waals surface area contributed by atoms with Gasteiger partial charge in [0.2, 0.25) is 0 Å². The zero-order chi connectivity index (χ0) is 13.1. The lowest BCUT2D eigenvalue weighted by Crippen LogP contribution is -2.17. The summed E-state index contributed by atoms with van der Waals surface area (Å²) in [6.45, 7) is 0. The van der Waals surface area contributed by atoms with E-state index in [1.165, 1.54) is 24.3 Å². The SMILES string of the molecule is O=C1CC=CC=C1C(=O)c1ccccc1C(=O)O. The normalized spacial score (nSPS) is 14.2. The zero-order valence-corrected chi connectivity index (χ0v) is 9.42. The van der Waals surface area contributed by atoms with Crippen molar-refractivity contribution in [1.82, 2.24) is 0 Å². The summed E-state index contributed by atoms with van der Waals surface area (Å²) in [6, 6.07) is 5.87. The highest BCUT2D eigenvalue weighted by Gasteiger charge is 2.23. The summed E-state index contributed by atoms with van der Waals surface area (Å²) in [7, 11) is 0. The van der Waals surface area contributed by atoms with Crippen molar-refractivity contribution in [2.24, 2.45) is 0 Å². The Balaban J connectivity index is 2.47. The van der Waals surface area contributed by atoms with Gasteiger partial charge in [-0.3, -0.25) is 9.59 Å². The molecule has 0 unspecified atom stereocenters.